The number of nitrogens with zero attached hydrogens (tertiary/aromatic N) is 1. The fraction of sp³-hybridized carbons (Fsp3) is 0.286. The predicted molar refractivity (Wildman–Crippen MR) is 97.2 cm³/mol. The van der Waals surface area contributed by atoms with Gasteiger partial charge in [-0.3, -0.25) is 4.79 Å². The molecule has 0 spiro atoms. The van der Waals surface area contributed by atoms with E-state index >= 15 is 0 Å². The Balaban J connectivity index is 1.35. The van der Waals surface area contributed by atoms with Crippen molar-refractivity contribution >= 4 is 16.8 Å². The summed E-state index contributed by atoms with van der Waals surface area (Å²) in [5.74, 6) is 1.54. The minimum atomic E-state index is 0.100. The average Bonchev–Trinajstić information content (AvgIpc) is 3.38. The molecule has 4 heteroatoms. The Morgan fingerprint density at radius 1 is 1.16 bits per heavy atom. The summed E-state index contributed by atoms with van der Waals surface area (Å²) >= 11 is 0. The first-order valence-corrected chi connectivity index (χ1v) is 8.90. The Morgan fingerprint density at radius 3 is 3.00 bits per heavy atom. The molecule has 1 atom stereocenters. The van der Waals surface area contributed by atoms with Crippen LogP contribution in [0.2, 0.25) is 0 Å². The number of benzene rings is 2. The lowest BCUT2D eigenvalue weighted by molar-refractivity contribution is 0.0786. The van der Waals surface area contributed by atoms with Gasteiger partial charge >= 0.3 is 0 Å². The van der Waals surface area contributed by atoms with Gasteiger partial charge in [-0.15, -0.1) is 0 Å². The van der Waals surface area contributed by atoms with Crippen LogP contribution in [0, 0.1) is 0 Å². The van der Waals surface area contributed by atoms with Gasteiger partial charge in [0.05, 0.1) is 6.61 Å². The second kappa shape index (κ2) is 5.66. The van der Waals surface area contributed by atoms with Gasteiger partial charge in [-0.05, 0) is 35.7 Å². The van der Waals surface area contributed by atoms with Gasteiger partial charge in [-0.2, -0.15) is 0 Å². The highest BCUT2D eigenvalue weighted by Gasteiger charge is 2.29. The highest BCUT2D eigenvalue weighted by Crippen LogP contribution is 2.33. The lowest BCUT2D eigenvalue weighted by Gasteiger charge is -2.16. The maximum atomic E-state index is 12.9. The van der Waals surface area contributed by atoms with E-state index in [1.165, 1.54) is 11.1 Å². The Bertz CT molecular complexity index is 926. The highest BCUT2D eigenvalue weighted by atomic mass is 16.5. The number of aromatic nitrogens is 1. The lowest BCUT2D eigenvalue weighted by atomic mass is 9.96. The van der Waals surface area contributed by atoms with Crippen LogP contribution in [0.5, 0.6) is 5.75 Å². The normalized spacial score (nSPS) is 19.2. The van der Waals surface area contributed by atoms with E-state index in [2.05, 4.69) is 23.2 Å². The van der Waals surface area contributed by atoms with Crippen LogP contribution in [0.4, 0.5) is 0 Å². The third kappa shape index (κ3) is 2.49. The fourth-order valence-electron chi connectivity index (χ4n) is 4.04. The number of carbonyl (C=O) groups is 1. The summed E-state index contributed by atoms with van der Waals surface area (Å²) in [7, 11) is 0. The van der Waals surface area contributed by atoms with Gasteiger partial charge in [-0.1, -0.05) is 30.3 Å². The molecular weight excluding hydrogens is 312 g/mol. The van der Waals surface area contributed by atoms with Crippen LogP contribution in [0.3, 0.4) is 0 Å². The van der Waals surface area contributed by atoms with Gasteiger partial charge in [0.1, 0.15) is 11.4 Å². The van der Waals surface area contributed by atoms with E-state index in [4.69, 9.17) is 4.74 Å². The smallest absolute Gasteiger partial charge is 0.270 e. The fourth-order valence-corrected chi connectivity index (χ4v) is 4.04. The lowest BCUT2D eigenvalue weighted by Crippen LogP contribution is -2.28. The zero-order valence-electron chi connectivity index (χ0n) is 14.0. The second-order valence-electron chi connectivity index (χ2n) is 6.97. The summed E-state index contributed by atoms with van der Waals surface area (Å²) in [5.41, 5.74) is 4.33. The van der Waals surface area contributed by atoms with E-state index in [1.54, 1.807) is 0 Å². The Hall–Kier alpha value is -2.75. The first-order valence-electron chi connectivity index (χ1n) is 8.90. The summed E-state index contributed by atoms with van der Waals surface area (Å²) in [6.07, 6.45) is 2.01. The summed E-state index contributed by atoms with van der Waals surface area (Å²) in [6.45, 7) is 2.38. The number of rotatable bonds is 2. The molecule has 3 heterocycles. The molecule has 4 nitrogen and oxygen atoms in total. The molecule has 0 aliphatic carbocycles. The second-order valence-corrected chi connectivity index (χ2v) is 6.97. The topological polar surface area (TPSA) is 45.3 Å². The molecule has 0 radical (unpaired) electrons. The predicted octanol–water partition coefficient (Wildman–Crippen LogP) is 3.73. The first kappa shape index (κ1) is 14.6. The van der Waals surface area contributed by atoms with Crippen LogP contribution >= 0.6 is 0 Å². The van der Waals surface area contributed by atoms with Crippen molar-refractivity contribution in [3.8, 4) is 5.75 Å². The minimum absolute atomic E-state index is 0.100. The Labute approximate surface area is 146 Å². The molecule has 2 aliphatic rings. The number of likely N-dealkylation sites (tertiary alicyclic amines) is 1. The van der Waals surface area contributed by atoms with Crippen molar-refractivity contribution in [2.45, 2.75) is 18.8 Å². The van der Waals surface area contributed by atoms with E-state index in [0.29, 0.717) is 11.6 Å². The van der Waals surface area contributed by atoms with Gasteiger partial charge in [0.2, 0.25) is 0 Å². The number of ether oxygens (including phenoxy) is 1. The summed E-state index contributed by atoms with van der Waals surface area (Å²) in [4.78, 5) is 18.1. The number of hydrogen-bond donors (Lipinski definition) is 1. The van der Waals surface area contributed by atoms with Crippen molar-refractivity contribution in [2.24, 2.45) is 0 Å². The number of H-pyrrole nitrogens is 1. The van der Waals surface area contributed by atoms with Crippen LogP contribution < -0.4 is 4.74 Å². The standard InChI is InChI=1S/C21H20N2O2/c24-21(19-12-15-3-1-2-4-18(15)22-19)23-9-7-17(13-23)14-5-6-20-16(11-14)8-10-25-20/h1-6,11-12,17,22H,7-10,13H2. The monoisotopic (exact) mass is 332 g/mol. The molecule has 1 N–H and O–H groups in total. The Kier molecular flexibility index (Phi) is 3.30. The number of aromatic amines is 1. The third-order valence-corrected chi connectivity index (χ3v) is 5.42. The molecule has 0 saturated carbocycles. The quantitative estimate of drug-likeness (QED) is 0.777. The summed E-state index contributed by atoms with van der Waals surface area (Å²) in [5, 5.41) is 1.08. The molecule has 25 heavy (non-hydrogen) atoms. The number of amides is 1. The maximum Gasteiger partial charge on any atom is 0.270 e. The van der Waals surface area contributed by atoms with Crippen molar-refractivity contribution in [3.05, 3.63) is 65.4 Å². The van der Waals surface area contributed by atoms with Gasteiger partial charge in [0.15, 0.2) is 0 Å². The van der Waals surface area contributed by atoms with Gasteiger partial charge in [-0.25, -0.2) is 0 Å². The van der Waals surface area contributed by atoms with Crippen molar-refractivity contribution in [3.63, 3.8) is 0 Å². The largest absolute Gasteiger partial charge is 0.493 e. The zero-order chi connectivity index (χ0) is 16.8. The molecular formula is C21H20N2O2. The maximum absolute atomic E-state index is 12.9. The number of carbonyl (C=O) groups excluding carboxylic acids is 1. The van der Waals surface area contributed by atoms with E-state index in [0.717, 1.165) is 49.2 Å². The molecule has 3 aromatic rings. The Morgan fingerprint density at radius 2 is 2.08 bits per heavy atom. The van der Waals surface area contributed by atoms with Gasteiger partial charge < -0.3 is 14.6 Å². The molecule has 5 rings (SSSR count). The SMILES string of the molecule is O=C(c1cc2ccccc2[nH]1)N1CCC(c2ccc3c(c2)CCO3)C1. The zero-order valence-corrected chi connectivity index (χ0v) is 14.0. The van der Waals surface area contributed by atoms with E-state index in [9.17, 15) is 4.79 Å². The molecule has 2 aliphatic heterocycles. The molecule has 1 fully saturated rings. The van der Waals surface area contributed by atoms with Crippen LogP contribution in [-0.4, -0.2) is 35.5 Å². The number of fused-ring (bicyclic) bond motifs is 2. The minimum Gasteiger partial charge on any atom is -0.493 e. The van der Waals surface area contributed by atoms with Crippen molar-refractivity contribution in [1.29, 1.82) is 0 Å². The summed E-state index contributed by atoms with van der Waals surface area (Å²) in [6, 6.07) is 16.5. The molecule has 1 unspecified atom stereocenters. The molecule has 0 bridgehead atoms. The van der Waals surface area contributed by atoms with Crippen LogP contribution in [0.1, 0.15) is 34.0 Å². The van der Waals surface area contributed by atoms with E-state index in [1.807, 2.05) is 35.2 Å². The van der Waals surface area contributed by atoms with Crippen LogP contribution in [-0.2, 0) is 6.42 Å². The molecule has 1 saturated heterocycles. The van der Waals surface area contributed by atoms with E-state index < -0.39 is 0 Å². The first-order chi connectivity index (χ1) is 12.3. The van der Waals surface area contributed by atoms with Crippen molar-refractivity contribution < 1.29 is 9.53 Å². The van der Waals surface area contributed by atoms with Crippen LogP contribution in [0.15, 0.2) is 48.5 Å². The number of nitrogens with one attached hydrogen (secondary N) is 1. The highest BCUT2D eigenvalue weighted by molar-refractivity contribution is 5.98. The summed E-state index contributed by atoms with van der Waals surface area (Å²) < 4.78 is 5.59. The third-order valence-electron chi connectivity index (χ3n) is 5.42. The molecule has 1 amide bonds. The number of para-hydroxylation sites is 1. The van der Waals surface area contributed by atoms with Crippen LogP contribution in [0.25, 0.3) is 10.9 Å². The van der Waals surface area contributed by atoms with Crippen molar-refractivity contribution in [1.82, 2.24) is 9.88 Å². The molecule has 1 aromatic heterocycles. The molecule has 2 aromatic carbocycles. The van der Waals surface area contributed by atoms with E-state index in [-0.39, 0.29) is 5.91 Å². The van der Waals surface area contributed by atoms with Crippen molar-refractivity contribution in [2.75, 3.05) is 19.7 Å². The van der Waals surface area contributed by atoms with Gasteiger partial charge in [0.25, 0.3) is 5.91 Å². The average molecular weight is 332 g/mol. The van der Waals surface area contributed by atoms with Gasteiger partial charge in [0, 0.05) is 36.3 Å². The number of hydrogen-bond acceptors (Lipinski definition) is 2. The molecule has 126 valence electrons.